The van der Waals surface area contributed by atoms with Crippen molar-refractivity contribution in [2.75, 3.05) is 0 Å². The van der Waals surface area contributed by atoms with Gasteiger partial charge in [-0.2, -0.15) is 4.68 Å². The maximum Gasteiger partial charge on any atom is 0.205 e. The second kappa shape index (κ2) is 7.47. The largest absolute Gasteiger partial charge is 0.775 e. The van der Waals surface area contributed by atoms with E-state index in [4.69, 9.17) is 0 Å². The van der Waals surface area contributed by atoms with Crippen LogP contribution in [0.1, 0.15) is 50.7 Å². The molecule has 0 bridgehead atoms. The van der Waals surface area contributed by atoms with Crippen molar-refractivity contribution in [3.05, 3.63) is 64.9 Å². The van der Waals surface area contributed by atoms with Gasteiger partial charge in [-0.3, -0.25) is 0 Å². The average Bonchev–Trinajstić information content (AvgIpc) is 3.05. The molecule has 3 aromatic rings. The predicted molar refractivity (Wildman–Crippen MR) is 103 cm³/mol. The molecule has 6 nitrogen and oxygen atoms in total. The van der Waals surface area contributed by atoms with Crippen LogP contribution in [-0.2, 0) is 0 Å². The van der Waals surface area contributed by atoms with Gasteiger partial charge < -0.3 is 5.21 Å². The van der Waals surface area contributed by atoms with Crippen LogP contribution in [0.3, 0.4) is 0 Å². The summed E-state index contributed by atoms with van der Waals surface area (Å²) in [5.74, 6) is 0.913. The van der Waals surface area contributed by atoms with Crippen molar-refractivity contribution in [3.63, 3.8) is 0 Å². The van der Waals surface area contributed by atoms with Crippen molar-refractivity contribution in [3.8, 4) is 16.9 Å². The molecule has 26 heavy (non-hydrogen) atoms. The molecular formula is C20H22N5O-. The molecule has 0 fully saturated rings. The van der Waals surface area contributed by atoms with Crippen molar-refractivity contribution >= 4 is 5.82 Å². The lowest BCUT2D eigenvalue weighted by atomic mass is 9.92. The van der Waals surface area contributed by atoms with E-state index < -0.39 is 0 Å². The normalized spacial score (nSPS) is 11.8. The van der Waals surface area contributed by atoms with Gasteiger partial charge in [0.15, 0.2) is 0 Å². The Hall–Kier alpha value is -3.02. The van der Waals surface area contributed by atoms with Gasteiger partial charge in [0, 0.05) is 5.56 Å². The number of para-hydroxylation sites is 1. The average molecular weight is 348 g/mol. The van der Waals surface area contributed by atoms with Gasteiger partial charge in [0.1, 0.15) is 5.69 Å². The summed E-state index contributed by atoms with van der Waals surface area (Å²) in [6.07, 6.45) is 0. The summed E-state index contributed by atoms with van der Waals surface area (Å²) in [6, 6.07) is 15.8. The monoisotopic (exact) mass is 348 g/mol. The maximum atomic E-state index is 11.0. The van der Waals surface area contributed by atoms with E-state index in [9.17, 15) is 5.21 Å². The number of hydrogen-bond donors (Lipinski definition) is 0. The van der Waals surface area contributed by atoms with Crippen molar-refractivity contribution in [2.24, 2.45) is 10.4 Å². The van der Waals surface area contributed by atoms with Gasteiger partial charge in [0.05, 0.1) is 5.69 Å². The van der Waals surface area contributed by atoms with Gasteiger partial charge >= 0.3 is 0 Å². The van der Waals surface area contributed by atoms with E-state index in [1.54, 1.807) is 4.68 Å². The Morgan fingerprint density at radius 2 is 1.50 bits per heavy atom. The van der Waals surface area contributed by atoms with Crippen LogP contribution >= 0.6 is 0 Å². The minimum absolute atomic E-state index is 0.283. The smallest absolute Gasteiger partial charge is 0.205 e. The van der Waals surface area contributed by atoms with E-state index in [2.05, 4.69) is 66.6 Å². The van der Waals surface area contributed by atoms with Crippen LogP contribution in [0.4, 0.5) is 5.82 Å². The van der Waals surface area contributed by atoms with Crippen LogP contribution in [0.5, 0.6) is 0 Å². The first-order valence-corrected chi connectivity index (χ1v) is 8.72. The highest BCUT2D eigenvalue weighted by Crippen LogP contribution is 2.36. The fourth-order valence-corrected chi connectivity index (χ4v) is 3.10. The topological polar surface area (TPSA) is 78.5 Å². The molecule has 0 aliphatic heterocycles. The first-order chi connectivity index (χ1) is 12.5. The van der Waals surface area contributed by atoms with Gasteiger partial charge in [-0.25, -0.2) is 5.28 Å². The van der Waals surface area contributed by atoms with Crippen molar-refractivity contribution in [2.45, 2.75) is 39.5 Å². The van der Waals surface area contributed by atoms with Crippen LogP contribution in [0, 0.1) is 5.21 Å². The number of hydrogen-bond acceptors (Lipinski definition) is 5. The molecule has 0 amide bonds. The molecular weight excluding hydrogens is 326 g/mol. The molecule has 1 aromatic heterocycles. The molecule has 0 N–H and O–H groups in total. The highest BCUT2D eigenvalue weighted by atomic mass is 16.5. The molecule has 2 aromatic carbocycles. The first kappa shape index (κ1) is 17.8. The van der Waals surface area contributed by atoms with E-state index in [1.807, 2.05) is 30.3 Å². The lowest BCUT2D eigenvalue weighted by Crippen LogP contribution is -2.08. The summed E-state index contributed by atoms with van der Waals surface area (Å²) in [5.41, 5.74) is 4.56. The minimum Gasteiger partial charge on any atom is -0.775 e. The summed E-state index contributed by atoms with van der Waals surface area (Å²) in [4.78, 5) is 0. The first-order valence-electron chi connectivity index (χ1n) is 8.72. The number of rotatable bonds is 5. The summed E-state index contributed by atoms with van der Waals surface area (Å²) >= 11 is 0. The van der Waals surface area contributed by atoms with E-state index in [1.165, 1.54) is 0 Å². The Bertz CT molecular complexity index is 887. The second-order valence-electron chi connectivity index (χ2n) is 6.82. The van der Waals surface area contributed by atoms with Gasteiger partial charge in [-0.1, -0.05) is 81.4 Å². The quantitative estimate of drug-likeness (QED) is 0.434. The Morgan fingerprint density at radius 1 is 0.885 bits per heavy atom. The molecule has 6 heteroatoms. The number of aromatic nitrogens is 3. The number of nitrogens with zero attached hydrogens (tertiary/aromatic N) is 5. The van der Waals surface area contributed by atoms with Gasteiger partial charge in [0.25, 0.3) is 0 Å². The molecule has 1 heterocycles. The Morgan fingerprint density at radius 3 is 2.04 bits per heavy atom. The summed E-state index contributed by atoms with van der Waals surface area (Å²) in [6.45, 7) is 8.53. The highest BCUT2D eigenvalue weighted by Gasteiger charge is 2.22. The summed E-state index contributed by atoms with van der Waals surface area (Å²) in [5, 5.41) is 26.2. The Kier molecular flexibility index (Phi) is 5.11. The van der Waals surface area contributed by atoms with E-state index >= 15 is 0 Å². The van der Waals surface area contributed by atoms with Crippen molar-refractivity contribution in [1.29, 1.82) is 0 Å². The van der Waals surface area contributed by atoms with E-state index in [0.29, 0.717) is 11.5 Å². The fourth-order valence-electron chi connectivity index (χ4n) is 3.10. The van der Waals surface area contributed by atoms with E-state index in [0.717, 1.165) is 22.4 Å². The molecule has 0 atom stereocenters. The summed E-state index contributed by atoms with van der Waals surface area (Å²) < 4.78 is 1.65. The van der Waals surface area contributed by atoms with Gasteiger partial charge in [-0.15, -0.1) is 10.2 Å². The predicted octanol–water partition coefficient (Wildman–Crippen LogP) is 5.76. The van der Waals surface area contributed by atoms with Crippen LogP contribution in [0.2, 0.25) is 0 Å². The van der Waals surface area contributed by atoms with E-state index in [-0.39, 0.29) is 11.8 Å². The van der Waals surface area contributed by atoms with Crippen LogP contribution in [0.25, 0.3) is 16.9 Å². The molecule has 3 rings (SSSR count). The minimum atomic E-state index is 0.283. The third kappa shape index (κ3) is 3.22. The molecule has 134 valence electrons. The second-order valence-corrected chi connectivity index (χ2v) is 6.82. The van der Waals surface area contributed by atoms with Crippen molar-refractivity contribution < 1.29 is 0 Å². The zero-order valence-corrected chi connectivity index (χ0v) is 15.4. The highest BCUT2D eigenvalue weighted by molar-refractivity contribution is 5.71. The van der Waals surface area contributed by atoms with Crippen LogP contribution in [-0.4, -0.2) is 15.0 Å². The molecule has 0 unspecified atom stereocenters. The zero-order valence-electron chi connectivity index (χ0n) is 15.4. The molecule has 0 aliphatic rings. The maximum absolute atomic E-state index is 11.0. The summed E-state index contributed by atoms with van der Waals surface area (Å²) in [7, 11) is 0. The van der Waals surface area contributed by atoms with Crippen molar-refractivity contribution in [1.82, 2.24) is 15.0 Å². The van der Waals surface area contributed by atoms with Gasteiger partial charge in [0.2, 0.25) is 5.82 Å². The molecule has 0 saturated carbocycles. The molecule has 0 aliphatic carbocycles. The third-order valence-electron chi connectivity index (χ3n) is 4.38. The number of benzene rings is 2. The van der Waals surface area contributed by atoms with Gasteiger partial charge in [-0.05, 0) is 23.0 Å². The van der Waals surface area contributed by atoms with Crippen LogP contribution in [0.15, 0.2) is 58.9 Å². The molecule has 0 radical (unpaired) electrons. The SMILES string of the molecule is CC(C)c1cccc(C(C)C)c1-n1nnc(-c2ccccc2)c1/N=N/[O-]. The fraction of sp³-hybridized carbons (Fsp3) is 0.300. The Balaban J connectivity index is 2.30. The molecule has 0 saturated heterocycles. The van der Waals surface area contributed by atoms with Crippen LogP contribution < -0.4 is 0 Å². The Labute approximate surface area is 153 Å². The molecule has 0 spiro atoms. The lowest BCUT2D eigenvalue weighted by Gasteiger charge is -2.19. The third-order valence-corrected chi connectivity index (χ3v) is 4.38. The zero-order chi connectivity index (χ0) is 18.7. The lowest BCUT2D eigenvalue weighted by molar-refractivity contribution is 0.741. The standard InChI is InChI=1S/C20H23N5O/c1-13(2)16-11-8-12-17(14(3)4)19(16)25-20(22-24-26)18(21-23-25)15-9-6-5-7-10-15/h5-14H,1-4H3,(H,22,26)/p-1.